The third-order valence-corrected chi connectivity index (χ3v) is 5.85. The van der Waals surface area contributed by atoms with Crippen LogP contribution in [-0.4, -0.2) is 67.7 Å². The molecule has 0 saturated carbocycles. The Bertz CT molecular complexity index is 611. The lowest BCUT2D eigenvalue weighted by Crippen LogP contribution is -2.48. The van der Waals surface area contributed by atoms with Crippen LogP contribution in [0.15, 0.2) is 35.3 Å². The molecule has 1 N–H and O–H groups in total. The zero-order valence-electron chi connectivity index (χ0n) is 18.6. The van der Waals surface area contributed by atoms with Gasteiger partial charge in [0.2, 0.25) is 0 Å². The van der Waals surface area contributed by atoms with Crippen molar-refractivity contribution >= 4 is 5.96 Å². The van der Waals surface area contributed by atoms with Crippen molar-refractivity contribution in [1.82, 2.24) is 15.1 Å². The summed E-state index contributed by atoms with van der Waals surface area (Å²) in [7, 11) is 0. The van der Waals surface area contributed by atoms with Gasteiger partial charge >= 0.3 is 0 Å². The number of guanidine groups is 1. The number of para-hydroxylation sites is 1. The van der Waals surface area contributed by atoms with E-state index in [0.717, 1.165) is 56.6 Å². The molecule has 1 unspecified atom stereocenters. The average molecular weight is 401 g/mol. The SMILES string of the molecule is CCNC(=NCC1CCCN(CC(C)C)C1)N1CCC(Oc2ccccc2)CC1. The van der Waals surface area contributed by atoms with Gasteiger partial charge in [0, 0.05) is 52.1 Å². The van der Waals surface area contributed by atoms with Crippen LogP contribution in [0.25, 0.3) is 0 Å². The van der Waals surface area contributed by atoms with Crippen LogP contribution in [0.5, 0.6) is 5.75 Å². The highest BCUT2D eigenvalue weighted by molar-refractivity contribution is 5.80. The van der Waals surface area contributed by atoms with E-state index in [1.807, 2.05) is 30.3 Å². The summed E-state index contributed by atoms with van der Waals surface area (Å²) in [5.41, 5.74) is 0. The lowest BCUT2D eigenvalue weighted by molar-refractivity contribution is 0.129. The van der Waals surface area contributed by atoms with E-state index in [9.17, 15) is 0 Å². The highest BCUT2D eigenvalue weighted by Gasteiger charge is 2.24. The van der Waals surface area contributed by atoms with Crippen LogP contribution in [0.3, 0.4) is 0 Å². The van der Waals surface area contributed by atoms with Gasteiger partial charge in [0.1, 0.15) is 11.9 Å². The van der Waals surface area contributed by atoms with E-state index in [2.05, 4.69) is 35.9 Å². The molecular weight excluding hydrogens is 360 g/mol. The largest absolute Gasteiger partial charge is 0.490 e. The molecule has 2 saturated heterocycles. The van der Waals surface area contributed by atoms with E-state index in [1.165, 1.54) is 32.5 Å². The molecule has 1 atom stereocenters. The fraction of sp³-hybridized carbons (Fsp3) is 0.708. The van der Waals surface area contributed by atoms with Gasteiger partial charge < -0.3 is 19.9 Å². The van der Waals surface area contributed by atoms with Gasteiger partial charge in [-0.2, -0.15) is 0 Å². The average Bonchev–Trinajstić information content (AvgIpc) is 2.72. The number of benzene rings is 1. The van der Waals surface area contributed by atoms with E-state index in [1.54, 1.807) is 0 Å². The second kappa shape index (κ2) is 11.4. The van der Waals surface area contributed by atoms with Gasteiger partial charge in [-0.1, -0.05) is 32.0 Å². The summed E-state index contributed by atoms with van der Waals surface area (Å²) < 4.78 is 6.15. The molecule has 1 aromatic rings. The maximum atomic E-state index is 6.15. The van der Waals surface area contributed by atoms with Gasteiger partial charge in [0.05, 0.1) is 0 Å². The second-order valence-corrected chi connectivity index (χ2v) is 8.97. The van der Waals surface area contributed by atoms with Crippen molar-refractivity contribution in [2.45, 2.75) is 52.6 Å². The molecule has 0 aromatic heterocycles. The normalized spacial score (nSPS) is 22.1. The predicted octanol–water partition coefficient (Wildman–Crippen LogP) is 3.86. The summed E-state index contributed by atoms with van der Waals surface area (Å²) in [4.78, 5) is 10.1. The molecule has 2 aliphatic rings. The van der Waals surface area contributed by atoms with Crippen molar-refractivity contribution in [3.63, 3.8) is 0 Å². The molecule has 1 aromatic carbocycles. The van der Waals surface area contributed by atoms with Crippen LogP contribution >= 0.6 is 0 Å². The molecule has 162 valence electrons. The van der Waals surface area contributed by atoms with Crippen molar-refractivity contribution in [3.05, 3.63) is 30.3 Å². The zero-order valence-corrected chi connectivity index (χ0v) is 18.6. The molecule has 0 spiro atoms. The van der Waals surface area contributed by atoms with Crippen LogP contribution in [-0.2, 0) is 0 Å². The quantitative estimate of drug-likeness (QED) is 0.557. The topological polar surface area (TPSA) is 40.1 Å². The Kier molecular flexibility index (Phi) is 8.66. The number of aliphatic imine (C=N–C) groups is 1. The Morgan fingerprint density at radius 3 is 2.59 bits per heavy atom. The monoisotopic (exact) mass is 400 g/mol. The van der Waals surface area contributed by atoms with Crippen molar-refractivity contribution in [1.29, 1.82) is 0 Å². The summed E-state index contributed by atoms with van der Waals surface area (Å²) in [5.74, 6) is 3.51. The van der Waals surface area contributed by atoms with Crippen molar-refractivity contribution in [3.8, 4) is 5.75 Å². The Labute approximate surface area is 177 Å². The van der Waals surface area contributed by atoms with Gasteiger partial charge in [-0.25, -0.2) is 0 Å². The fourth-order valence-corrected chi connectivity index (χ4v) is 4.50. The molecule has 0 amide bonds. The molecule has 2 heterocycles. The van der Waals surface area contributed by atoms with E-state index in [4.69, 9.17) is 9.73 Å². The summed E-state index contributed by atoms with van der Waals surface area (Å²) in [6.45, 7) is 14.3. The molecule has 0 aliphatic carbocycles. The summed E-state index contributed by atoms with van der Waals surface area (Å²) in [6, 6.07) is 10.2. The van der Waals surface area contributed by atoms with Crippen LogP contribution in [0.4, 0.5) is 0 Å². The first kappa shape index (κ1) is 21.9. The predicted molar refractivity (Wildman–Crippen MR) is 122 cm³/mol. The molecule has 0 radical (unpaired) electrons. The highest BCUT2D eigenvalue weighted by Crippen LogP contribution is 2.20. The number of hydrogen-bond donors (Lipinski definition) is 1. The van der Waals surface area contributed by atoms with E-state index < -0.39 is 0 Å². The van der Waals surface area contributed by atoms with Gasteiger partial charge in [-0.05, 0) is 50.3 Å². The Hall–Kier alpha value is -1.75. The van der Waals surface area contributed by atoms with E-state index >= 15 is 0 Å². The van der Waals surface area contributed by atoms with Crippen LogP contribution < -0.4 is 10.1 Å². The van der Waals surface area contributed by atoms with Gasteiger partial charge in [-0.3, -0.25) is 4.99 Å². The molecule has 0 bridgehead atoms. The maximum absolute atomic E-state index is 6.15. The Morgan fingerprint density at radius 1 is 1.14 bits per heavy atom. The molecular formula is C24H40N4O. The minimum atomic E-state index is 0.305. The van der Waals surface area contributed by atoms with Crippen LogP contribution in [0.1, 0.15) is 46.5 Å². The fourth-order valence-electron chi connectivity index (χ4n) is 4.50. The minimum absolute atomic E-state index is 0.305. The number of rotatable bonds is 7. The maximum Gasteiger partial charge on any atom is 0.193 e. The van der Waals surface area contributed by atoms with Crippen molar-refractivity contribution < 1.29 is 4.74 Å². The lowest BCUT2D eigenvalue weighted by Gasteiger charge is -2.35. The molecule has 3 rings (SSSR count). The summed E-state index contributed by atoms with van der Waals surface area (Å²) >= 11 is 0. The number of piperidine rings is 2. The first-order chi connectivity index (χ1) is 14.1. The summed E-state index contributed by atoms with van der Waals surface area (Å²) in [6.07, 6.45) is 5.02. The minimum Gasteiger partial charge on any atom is -0.490 e. The van der Waals surface area contributed by atoms with Crippen molar-refractivity contribution in [2.75, 3.05) is 45.8 Å². The number of nitrogens with zero attached hydrogens (tertiary/aromatic N) is 3. The highest BCUT2D eigenvalue weighted by atomic mass is 16.5. The zero-order chi connectivity index (χ0) is 20.5. The Balaban J connectivity index is 1.49. The van der Waals surface area contributed by atoms with Gasteiger partial charge in [-0.15, -0.1) is 0 Å². The van der Waals surface area contributed by atoms with Crippen molar-refractivity contribution in [2.24, 2.45) is 16.8 Å². The number of hydrogen-bond acceptors (Lipinski definition) is 3. The number of ether oxygens (including phenoxy) is 1. The third kappa shape index (κ3) is 7.22. The molecule has 29 heavy (non-hydrogen) atoms. The Morgan fingerprint density at radius 2 is 1.90 bits per heavy atom. The standard InChI is InChI=1S/C24H40N4O/c1-4-25-24(26-17-21-9-8-14-27(19-21)18-20(2)3)28-15-12-23(13-16-28)29-22-10-6-5-7-11-22/h5-7,10-11,20-21,23H,4,8-9,12-19H2,1-3H3,(H,25,26). The van der Waals surface area contributed by atoms with Crippen LogP contribution in [0, 0.1) is 11.8 Å². The number of likely N-dealkylation sites (tertiary alicyclic amines) is 2. The molecule has 5 heteroatoms. The van der Waals surface area contributed by atoms with Gasteiger partial charge in [0.25, 0.3) is 0 Å². The van der Waals surface area contributed by atoms with E-state index in [-0.39, 0.29) is 0 Å². The summed E-state index contributed by atoms with van der Waals surface area (Å²) in [5, 5.41) is 3.52. The van der Waals surface area contributed by atoms with E-state index in [0.29, 0.717) is 12.0 Å². The molecule has 5 nitrogen and oxygen atoms in total. The third-order valence-electron chi connectivity index (χ3n) is 5.85. The number of nitrogens with one attached hydrogen (secondary N) is 1. The first-order valence-corrected chi connectivity index (χ1v) is 11.6. The first-order valence-electron chi connectivity index (χ1n) is 11.6. The second-order valence-electron chi connectivity index (χ2n) is 8.97. The smallest absolute Gasteiger partial charge is 0.193 e. The lowest BCUT2D eigenvalue weighted by atomic mass is 9.97. The van der Waals surface area contributed by atoms with Crippen LogP contribution in [0.2, 0.25) is 0 Å². The van der Waals surface area contributed by atoms with Gasteiger partial charge in [0.15, 0.2) is 5.96 Å². The molecule has 2 fully saturated rings. The molecule has 2 aliphatic heterocycles.